The highest BCUT2D eigenvalue weighted by molar-refractivity contribution is 8.18. The topological polar surface area (TPSA) is 624 Å². The molecular weight excluding hydrogens is 1770 g/mol. The van der Waals surface area contributed by atoms with E-state index in [-0.39, 0.29) is 122 Å². The second kappa shape index (κ2) is 51.3. The Balaban J connectivity index is 0.000000294. The van der Waals surface area contributed by atoms with E-state index in [0.29, 0.717) is 136 Å². The van der Waals surface area contributed by atoms with E-state index in [4.69, 9.17) is 62.1 Å². The maximum atomic E-state index is 12.7. The highest BCUT2D eigenvalue weighted by Gasteiger charge is 2.26. The number of thioether (sulfide) groups is 4. The van der Waals surface area contributed by atoms with Crippen molar-refractivity contribution < 1.29 is 114 Å². The molecule has 48 heteroatoms. The second-order valence-electron chi connectivity index (χ2n) is 25.6. The Bertz CT molecular complexity index is 4700. The molecule has 8 aromatic rings. The van der Waals surface area contributed by atoms with Gasteiger partial charge in [0.25, 0.3) is 0 Å². The van der Waals surface area contributed by atoms with Crippen LogP contribution in [0.25, 0.3) is 0 Å². The first-order chi connectivity index (χ1) is 58.4. The van der Waals surface area contributed by atoms with Crippen LogP contribution in [0.1, 0.15) is 140 Å². The third kappa shape index (κ3) is 38.1. The monoisotopic (exact) mass is 1860 g/mol. The fourth-order valence-corrected chi connectivity index (χ4v) is 15.1. The molecule has 0 aliphatic carbocycles. The zero-order valence-electron chi connectivity index (χ0n) is 67.9. The van der Waals surface area contributed by atoms with Crippen molar-refractivity contribution in [3.8, 4) is 0 Å². The number of phosphoric ester groups is 4. The molecule has 0 radical (unpaired) electrons. The summed E-state index contributed by atoms with van der Waals surface area (Å²) < 4.78 is 62.1. The van der Waals surface area contributed by atoms with Gasteiger partial charge >= 0.3 is 31.3 Å². The zero-order valence-corrected chi connectivity index (χ0v) is 74.7. The predicted octanol–water partition coefficient (Wildman–Crippen LogP) is 10.5. The van der Waals surface area contributed by atoms with Gasteiger partial charge in [0.05, 0.1) is 52.6 Å². The average molecular weight is 1870 g/mol. The maximum absolute atomic E-state index is 12.7. The van der Waals surface area contributed by atoms with Crippen molar-refractivity contribution in [1.82, 2.24) is 59.5 Å². The largest absolute Gasteiger partial charge is 0.469 e. The minimum atomic E-state index is -4.67. The zero-order chi connectivity index (χ0) is 92.1. The molecule has 4 aromatic carbocycles. The molecule has 0 fully saturated rings. The summed E-state index contributed by atoms with van der Waals surface area (Å²) in [6, 6.07) is 34.1. The third-order valence-electron chi connectivity index (χ3n) is 16.5. The van der Waals surface area contributed by atoms with Crippen LogP contribution in [-0.4, -0.2) is 171 Å². The number of phosphoric acid groups is 4. The number of aryl methyl sites for hydroxylation is 4. The predicted molar refractivity (Wildman–Crippen MR) is 466 cm³/mol. The van der Waals surface area contributed by atoms with Gasteiger partial charge in [0.2, 0.25) is 46.1 Å². The maximum Gasteiger partial charge on any atom is 0.469 e. The Hall–Kier alpha value is -10.2. The van der Waals surface area contributed by atoms with Crippen LogP contribution in [0.2, 0.25) is 0 Å². The number of nitrogens with zero attached hydrogens (tertiary/aromatic N) is 12. The molecule has 0 aliphatic heterocycles. The normalized spacial score (nSPS) is 12.3. The Morgan fingerprint density at radius 1 is 0.331 bits per heavy atom. The first kappa shape index (κ1) is 104. The van der Waals surface area contributed by atoms with Gasteiger partial charge in [-0.1, -0.05) is 121 Å². The Kier molecular flexibility index (Phi) is 43.1. The van der Waals surface area contributed by atoms with E-state index in [0.717, 1.165) is 47.0 Å². The summed E-state index contributed by atoms with van der Waals surface area (Å²) in [5.41, 5.74) is 29.2. The summed E-state index contributed by atoms with van der Waals surface area (Å²) in [5, 5.41) is -1.13. The van der Waals surface area contributed by atoms with Crippen molar-refractivity contribution in [2.45, 2.75) is 107 Å². The van der Waals surface area contributed by atoms with E-state index < -0.39 is 31.3 Å². The van der Waals surface area contributed by atoms with Crippen molar-refractivity contribution >= 4 is 148 Å². The fraction of sp³-hybridized carbons (Fsp3) is 0.263. The molecule has 4 amide bonds. The number of rotatable bonds is 40. The number of hydrogen-bond acceptors (Lipinski definition) is 32. The van der Waals surface area contributed by atoms with Crippen LogP contribution in [0.5, 0.6) is 0 Å². The van der Waals surface area contributed by atoms with E-state index in [1.54, 1.807) is 177 Å². The molecule has 4 aromatic heterocycles. The molecule has 0 saturated carbocycles. The van der Waals surface area contributed by atoms with E-state index in [1.807, 2.05) is 0 Å². The van der Waals surface area contributed by atoms with Crippen LogP contribution in [0.3, 0.4) is 0 Å². The molecule has 16 N–H and O–H groups in total. The highest BCUT2D eigenvalue weighted by Crippen LogP contribution is 2.42. The number of nitrogens with two attached hydrogens (primary N) is 4. The quantitative estimate of drug-likeness (QED) is 0.0125. The number of hydrogen-bond donors (Lipinski definition) is 12. The highest BCUT2D eigenvalue weighted by atomic mass is 32.2. The van der Waals surface area contributed by atoms with Crippen LogP contribution in [0, 0.1) is 27.7 Å². The molecule has 664 valence electrons. The summed E-state index contributed by atoms with van der Waals surface area (Å²) in [6.45, 7) is 12.1. The van der Waals surface area contributed by atoms with Crippen molar-refractivity contribution in [3.05, 3.63) is 256 Å². The number of amides is 4. The Morgan fingerprint density at radius 2 is 0.500 bits per heavy atom. The average Bonchev–Trinajstić information content (AvgIpc) is 0.847. The van der Waals surface area contributed by atoms with E-state index in [2.05, 4.69) is 58.0 Å². The molecule has 0 spiro atoms. The van der Waals surface area contributed by atoms with Crippen LogP contribution in [0.15, 0.2) is 189 Å². The number of allylic oxidation sites excluding steroid dienone is 4. The number of carbonyl (C=O) groups excluding carboxylic acids is 8. The molecule has 0 bridgehead atoms. The summed E-state index contributed by atoms with van der Waals surface area (Å²) >= 11 is 3.45. The van der Waals surface area contributed by atoms with Gasteiger partial charge in [-0.3, -0.25) is 56.5 Å². The summed E-state index contributed by atoms with van der Waals surface area (Å²) in [6.07, 6.45) is 8.38. The third-order valence-corrected chi connectivity index (χ3v) is 23.3. The van der Waals surface area contributed by atoms with E-state index in [1.165, 1.54) is 44.4 Å². The molecular formula is C76H92N16O24P4S4. The van der Waals surface area contributed by atoms with E-state index in [9.17, 15) is 56.6 Å². The smallest absolute Gasteiger partial charge is 0.383 e. The fourth-order valence-electron chi connectivity index (χ4n) is 10.1. The van der Waals surface area contributed by atoms with Gasteiger partial charge in [-0.15, -0.1) is 0 Å². The van der Waals surface area contributed by atoms with Gasteiger partial charge in [-0.05, 0) is 102 Å². The first-order valence-electron chi connectivity index (χ1n) is 36.3. The van der Waals surface area contributed by atoms with Crippen LogP contribution >= 0.6 is 78.3 Å². The number of anilines is 4. The minimum Gasteiger partial charge on any atom is -0.383 e. The molecule has 40 nitrogen and oxygen atoms in total. The molecule has 0 unspecified atom stereocenters. The summed E-state index contributed by atoms with van der Waals surface area (Å²) in [7, 11) is -18.7. The number of nitrogen functional groups attached to an aromatic ring is 4. The minimum absolute atomic E-state index is 0.00437. The van der Waals surface area contributed by atoms with Gasteiger partial charge < -0.3 is 81.7 Å². The SMILES string of the molecule is C/C(=C(\CCOP(=O)(O)O)SC(=O)c1ccccc1)N(C=O)Cc1cnc(C)nc1N.C/C(=C(\CCOP(=O)(O)O)SC(=O)c1ccccc1)N(C=O)Cc1cnc(C)nc1N.C/C(=C(\CCOP(=O)(O)O)SC(=O)c1ccccc1)N(C=O)Cc1cnc(C)nc1N.C/C(=C(\CCOP(=O)(O)O)SC(=O)c1ccccc1)N(C=O)Cc1cnc(C)nc1N. The first-order valence-corrected chi connectivity index (χ1v) is 45.7. The molecule has 4 heterocycles. The Labute approximate surface area is 729 Å². The lowest BCUT2D eigenvalue weighted by Gasteiger charge is -2.22. The lowest BCUT2D eigenvalue weighted by molar-refractivity contribution is -0.117. The summed E-state index contributed by atoms with van der Waals surface area (Å²) in [5.74, 6) is 2.88. The van der Waals surface area contributed by atoms with Crippen LogP contribution in [0.4, 0.5) is 23.3 Å². The van der Waals surface area contributed by atoms with Gasteiger partial charge in [-0.25, -0.2) is 58.1 Å². The van der Waals surface area contributed by atoms with Gasteiger partial charge in [0, 0.05) is 137 Å². The lowest BCUT2D eigenvalue weighted by Crippen LogP contribution is -2.22. The van der Waals surface area contributed by atoms with Crippen LogP contribution in [-0.2, 0) is 81.7 Å². The number of carbonyl (C=O) groups is 8. The molecule has 0 atom stereocenters. The molecule has 8 rings (SSSR count). The van der Waals surface area contributed by atoms with Crippen LogP contribution < -0.4 is 22.9 Å². The van der Waals surface area contributed by atoms with Gasteiger partial charge in [0.15, 0.2) is 0 Å². The second-order valence-corrected chi connectivity index (χ2v) is 34.8. The number of aromatic nitrogens is 8. The standard InChI is InChI=1S/4C19H23N4O6PS/c4*1-13(23(12-24)11-16-10-21-14(2)22-18(16)20)17(8-9-29-30(26,27)28)31-19(25)15-6-4-3-5-7-15/h4*3-7,10,12H,8-9,11H2,1-2H3,(H2,20,21,22)(H2,26,27,28)/b4*17-13-. The number of benzene rings is 4. The van der Waals surface area contributed by atoms with Gasteiger partial charge in [-0.2, -0.15) is 0 Å². The van der Waals surface area contributed by atoms with Crippen molar-refractivity contribution in [1.29, 1.82) is 0 Å². The van der Waals surface area contributed by atoms with Crippen molar-refractivity contribution in [2.24, 2.45) is 0 Å². The lowest BCUT2D eigenvalue weighted by atomic mass is 10.2. The van der Waals surface area contributed by atoms with Crippen molar-refractivity contribution in [3.63, 3.8) is 0 Å². The van der Waals surface area contributed by atoms with Crippen molar-refractivity contribution in [2.75, 3.05) is 49.4 Å². The van der Waals surface area contributed by atoms with E-state index >= 15 is 0 Å². The molecule has 0 aliphatic rings. The summed E-state index contributed by atoms with van der Waals surface area (Å²) in [4.78, 5) is 209. The molecule has 0 saturated heterocycles. The van der Waals surface area contributed by atoms with Gasteiger partial charge in [0.1, 0.15) is 46.6 Å². The Morgan fingerprint density at radius 3 is 0.645 bits per heavy atom. The molecule has 124 heavy (non-hydrogen) atoms.